The Morgan fingerprint density at radius 1 is 1.53 bits per heavy atom. The molecule has 80 valence electrons. The van der Waals surface area contributed by atoms with Gasteiger partial charge in [-0.1, -0.05) is 0 Å². The van der Waals surface area contributed by atoms with Gasteiger partial charge in [-0.05, 0) is 12.1 Å². The lowest BCUT2D eigenvalue weighted by atomic mass is 10.1. The van der Waals surface area contributed by atoms with Crippen molar-refractivity contribution < 1.29 is 9.31 Å². The van der Waals surface area contributed by atoms with Gasteiger partial charge in [0, 0.05) is 13.1 Å². The van der Waals surface area contributed by atoms with Crippen LogP contribution in [0.1, 0.15) is 0 Å². The average molecular weight is 211 g/mol. The van der Waals surface area contributed by atoms with Gasteiger partial charge in [0.15, 0.2) is 0 Å². The Morgan fingerprint density at radius 3 is 2.80 bits per heavy atom. The summed E-state index contributed by atoms with van der Waals surface area (Å²) in [5.74, 6) is -0.598. The van der Waals surface area contributed by atoms with Gasteiger partial charge in [0.2, 0.25) is 0 Å². The molecule has 0 aliphatic carbocycles. The number of halogens is 1. The molecule has 1 aliphatic rings. The van der Waals surface area contributed by atoms with Crippen molar-refractivity contribution in [3.8, 4) is 0 Å². The minimum absolute atomic E-state index is 0.189. The molecule has 0 radical (unpaired) electrons. The maximum absolute atomic E-state index is 12.8. The van der Waals surface area contributed by atoms with Crippen LogP contribution >= 0.6 is 0 Å². The van der Waals surface area contributed by atoms with Crippen LogP contribution in [0.3, 0.4) is 0 Å². The molecule has 15 heavy (non-hydrogen) atoms. The molecule has 2 N–H and O–H groups in total. The van der Waals surface area contributed by atoms with E-state index in [1.54, 1.807) is 0 Å². The van der Waals surface area contributed by atoms with Gasteiger partial charge in [-0.15, -0.1) is 0 Å². The molecule has 0 saturated carbocycles. The van der Waals surface area contributed by atoms with E-state index in [1.807, 2.05) is 0 Å². The van der Waals surface area contributed by atoms with Gasteiger partial charge < -0.3 is 10.6 Å². The van der Waals surface area contributed by atoms with Crippen molar-refractivity contribution >= 4 is 11.4 Å². The second kappa shape index (κ2) is 3.82. The Morgan fingerprint density at radius 2 is 2.27 bits per heavy atom. The van der Waals surface area contributed by atoms with Crippen LogP contribution in [-0.4, -0.2) is 24.1 Å². The number of anilines is 1. The van der Waals surface area contributed by atoms with E-state index in [1.165, 1.54) is 12.1 Å². The Hall–Kier alpha value is -1.69. The van der Waals surface area contributed by atoms with Crippen molar-refractivity contribution in [1.29, 1.82) is 0 Å². The number of hydrogen-bond acceptors (Lipinski definition) is 4. The Labute approximate surface area is 85.4 Å². The van der Waals surface area contributed by atoms with Crippen LogP contribution in [0.25, 0.3) is 0 Å². The zero-order valence-corrected chi connectivity index (χ0v) is 7.87. The Kier molecular flexibility index (Phi) is 2.51. The molecular formula is C9H10FN3O2. The van der Waals surface area contributed by atoms with Crippen molar-refractivity contribution in [3.63, 3.8) is 0 Å². The van der Waals surface area contributed by atoms with Gasteiger partial charge >= 0.3 is 0 Å². The summed E-state index contributed by atoms with van der Waals surface area (Å²) in [7, 11) is 0. The molecule has 1 saturated heterocycles. The predicted molar refractivity (Wildman–Crippen MR) is 53.3 cm³/mol. The standard InChI is InChI=1S/C9H10FN3O2/c10-6-1-2-8(9(3-6)13(14)15)12-7-4-11-5-7/h1-3,7,11-12H,4-5H2. The van der Waals surface area contributed by atoms with Crippen LogP contribution in [0.2, 0.25) is 0 Å². The number of benzene rings is 1. The number of rotatable bonds is 3. The minimum Gasteiger partial charge on any atom is -0.374 e. The number of nitro benzene ring substituents is 1. The lowest BCUT2D eigenvalue weighted by Crippen LogP contribution is -2.51. The maximum Gasteiger partial charge on any atom is 0.295 e. The molecule has 1 heterocycles. The number of nitro groups is 1. The first-order valence-electron chi connectivity index (χ1n) is 4.58. The number of hydrogen-bond donors (Lipinski definition) is 2. The van der Waals surface area contributed by atoms with Gasteiger partial charge in [-0.25, -0.2) is 4.39 Å². The van der Waals surface area contributed by atoms with Crippen molar-refractivity contribution in [2.45, 2.75) is 6.04 Å². The Balaban J connectivity index is 2.23. The fourth-order valence-electron chi connectivity index (χ4n) is 1.39. The molecule has 1 aromatic rings. The summed E-state index contributed by atoms with van der Waals surface area (Å²) in [4.78, 5) is 10.1. The molecule has 0 atom stereocenters. The summed E-state index contributed by atoms with van der Waals surface area (Å²) in [5, 5.41) is 16.7. The average Bonchev–Trinajstić information content (AvgIpc) is 2.12. The minimum atomic E-state index is -0.598. The van der Waals surface area contributed by atoms with Crippen molar-refractivity contribution in [2.75, 3.05) is 18.4 Å². The van der Waals surface area contributed by atoms with E-state index in [-0.39, 0.29) is 11.7 Å². The lowest BCUT2D eigenvalue weighted by Gasteiger charge is -2.28. The summed E-state index contributed by atoms with van der Waals surface area (Å²) in [5.41, 5.74) is 0.148. The smallest absolute Gasteiger partial charge is 0.295 e. The quantitative estimate of drug-likeness (QED) is 0.580. The van der Waals surface area contributed by atoms with Crippen LogP contribution in [0.15, 0.2) is 18.2 Å². The van der Waals surface area contributed by atoms with E-state index in [2.05, 4.69) is 10.6 Å². The SMILES string of the molecule is O=[N+]([O-])c1cc(F)ccc1NC1CNC1. The molecular weight excluding hydrogens is 201 g/mol. The zero-order chi connectivity index (χ0) is 10.8. The number of nitrogens with zero attached hydrogens (tertiary/aromatic N) is 1. The maximum atomic E-state index is 12.8. The van der Waals surface area contributed by atoms with Crippen LogP contribution in [0.5, 0.6) is 0 Å². The molecule has 6 heteroatoms. The third kappa shape index (κ3) is 2.04. The highest BCUT2D eigenvalue weighted by atomic mass is 19.1. The third-order valence-electron chi connectivity index (χ3n) is 2.30. The first kappa shape index (κ1) is 9.85. The van der Waals surface area contributed by atoms with E-state index >= 15 is 0 Å². The predicted octanol–water partition coefficient (Wildman–Crippen LogP) is 1.12. The van der Waals surface area contributed by atoms with Crippen molar-refractivity contribution in [2.24, 2.45) is 0 Å². The van der Waals surface area contributed by atoms with E-state index < -0.39 is 10.7 Å². The van der Waals surface area contributed by atoms with E-state index in [9.17, 15) is 14.5 Å². The van der Waals surface area contributed by atoms with Gasteiger partial charge in [0.25, 0.3) is 5.69 Å². The van der Waals surface area contributed by atoms with Crippen molar-refractivity contribution in [1.82, 2.24) is 5.32 Å². The van der Waals surface area contributed by atoms with Gasteiger partial charge in [0.05, 0.1) is 17.0 Å². The summed E-state index contributed by atoms with van der Waals surface area (Å²) < 4.78 is 12.8. The zero-order valence-electron chi connectivity index (χ0n) is 7.87. The van der Waals surface area contributed by atoms with E-state index in [0.717, 1.165) is 19.2 Å². The molecule has 2 rings (SSSR count). The largest absolute Gasteiger partial charge is 0.374 e. The molecule has 0 bridgehead atoms. The summed E-state index contributed by atoms with van der Waals surface area (Å²) in [6, 6.07) is 3.72. The van der Waals surface area contributed by atoms with Crippen LogP contribution in [-0.2, 0) is 0 Å². The number of nitrogens with one attached hydrogen (secondary N) is 2. The Bertz CT molecular complexity index is 393. The first-order valence-corrected chi connectivity index (χ1v) is 4.58. The first-order chi connectivity index (χ1) is 7.16. The second-order valence-corrected chi connectivity index (χ2v) is 3.42. The summed E-state index contributed by atoms with van der Waals surface area (Å²) >= 11 is 0. The van der Waals surface area contributed by atoms with E-state index in [4.69, 9.17) is 0 Å². The van der Waals surface area contributed by atoms with Crippen LogP contribution < -0.4 is 10.6 Å². The summed E-state index contributed by atoms with van der Waals surface area (Å²) in [6.07, 6.45) is 0. The highest BCUT2D eigenvalue weighted by molar-refractivity contribution is 5.62. The van der Waals surface area contributed by atoms with E-state index in [0.29, 0.717) is 5.69 Å². The highest BCUT2D eigenvalue weighted by Gasteiger charge is 2.21. The topological polar surface area (TPSA) is 67.2 Å². The third-order valence-corrected chi connectivity index (χ3v) is 2.30. The van der Waals surface area contributed by atoms with Gasteiger partial charge in [0.1, 0.15) is 11.5 Å². The fraction of sp³-hybridized carbons (Fsp3) is 0.333. The normalized spacial score (nSPS) is 15.8. The fourth-order valence-corrected chi connectivity index (χ4v) is 1.39. The molecule has 0 amide bonds. The highest BCUT2D eigenvalue weighted by Crippen LogP contribution is 2.25. The molecule has 0 spiro atoms. The lowest BCUT2D eigenvalue weighted by molar-refractivity contribution is -0.384. The molecule has 0 aromatic heterocycles. The molecule has 1 aliphatic heterocycles. The van der Waals surface area contributed by atoms with Crippen LogP contribution in [0.4, 0.5) is 15.8 Å². The molecule has 1 fully saturated rings. The summed E-state index contributed by atoms with van der Waals surface area (Å²) in [6.45, 7) is 1.54. The van der Waals surface area contributed by atoms with Gasteiger partial charge in [-0.3, -0.25) is 10.1 Å². The van der Waals surface area contributed by atoms with Gasteiger partial charge in [-0.2, -0.15) is 0 Å². The molecule has 0 unspecified atom stereocenters. The monoisotopic (exact) mass is 211 g/mol. The van der Waals surface area contributed by atoms with Crippen molar-refractivity contribution in [3.05, 3.63) is 34.1 Å². The second-order valence-electron chi connectivity index (χ2n) is 3.42. The molecule has 1 aromatic carbocycles. The van der Waals surface area contributed by atoms with Crippen LogP contribution in [0, 0.1) is 15.9 Å². The molecule has 5 nitrogen and oxygen atoms in total.